The molecule has 31 heteroatoms. The predicted octanol–water partition coefficient (Wildman–Crippen LogP) is -3.26. The highest BCUT2D eigenvalue weighted by molar-refractivity contribution is 5.99. The number of nitrogens with two attached hydrogens (primary N) is 7. The van der Waals surface area contributed by atoms with Crippen LogP contribution in [-0.2, 0) is 65.6 Å². The zero-order valence-electron chi connectivity index (χ0n) is 50.8. The van der Waals surface area contributed by atoms with Gasteiger partial charge in [0.2, 0.25) is 53.2 Å². The predicted molar refractivity (Wildman–Crippen MR) is 331 cm³/mol. The number of amides is 9. The van der Waals surface area contributed by atoms with Crippen molar-refractivity contribution in [1.82, 2.24) is 47.5 Å². The molecule has 3 aromatic rings. The number of aromatic amines is 1. The van der Waals surface area contributed by atoms with Gasteiger partial charge in [-0.15, -0.1) is 0 Å². The van der Waals surface area contributed by atoms with E-state index >= 15 is 0 Å². The molecule has 89 heavy (non-hydrogen) atoms. The van der Waals surface area contributed by atoms with Crippen LogP contribution in [0.25, 0.3) is 10.9 Å². The molecule has 2 aromatic carbocycles. The van der Waals surface area contributed by atoms with Gasteiger partial charge in [-0.1, -0.05) is 64.4 Å². The summed E-state index contributed by atoms with van der Waals surface area (Å²) >= 11 is 0. The van der Waals surface area contributed by atoms with Gasteiger partial charge in [-0.05, 0) is 99.1 Å². The number of primary amides is 1. The average molecular weight is 1250 g/mol. The number of hydrogen-bond donors (Lipinski definition) is 18. The van der Waals surface area contributed by atoms with E-state index in [2.05, 4.69) is 57.5 Å². The van der Waals surface area contributed by atoms with E-state index in [0.717, 1.165) is 0 Å². The van der Waals surface area contributed by atoms with Gasteiger partial charge in [0, 0.05) is 49.5 Å². The zero-order chi connectivity index (χ0) is 66.3. The molecule has 0 aliphatic carbocycles. The molecule has 0 unspecified atom stereocenters. The minimum atomic E-state index is -1.48. The van der Waals surface area contributed by atoms with Gasteiger partial charge in [-0.3, -0.25) is 57.9 Å². The fourth-order valence-corrected chi connectivity index (χ4v) is 9.17. The Bertz CT molecular complexity index is 2930. The number of H-pyrrole nitrogens is 1. The lowest BCUT2D eigenvalue weighted by Gasteiger charge is -2.30. The summed E-state index contributed by atoms with van der Waals surface area (Å²) in [6.07, 6.45) is 1.07. The summed E-state index contributed by atoms with van der Waals surface area (Å²) in [5.74, 6) is -10.8. The van der Waals surface area contributed by atoms with Crippen LogP contribution >= 0.6 is 0 Å². The summed E-state index contributed by atoms with van der Waals surface area (Å²) in [5.41, 5.74) is 41.2. The number of hydrogen-bond acceptors (Lipinski definition) is 16. The third kappa shape index (κ3) is 26.2. The van der Waals surface area contributed by atoms with Crippen molar-refractivity contribution >= 4 is 88.2 Å². The Hall–Kier alpha value is -9.39. The van der Waals surface area contributed by atoms with Crippen molar-refractivity contribution in [2.45, 2.75) is 166 Å². The van der Waals surface area contributed by atoms with E-state index in [1.807, 2.05) is 0 Å². The number of para-hydroxylation sites is 1. The van der Waals surface area contributed by atoms with Crippen LogP contribution < -0.4 is 82.7 Å². The molecular weight excluding hydrogens is 1160 g/mol. The molecular formula is C58H90N18O13. The Morgan fingerprint density at radius 3 is 1.56 bits per heavy atom. The maximum Gasteiger partial charge on any atom is 0.303 e. The molecule has 0 saturated carbocycles. The second-order valence-corrected chi connectivity index (χ2v) is 22.0. The number of benzene rings is 2. The quantitative estimate of drug-likeness (QED) is 0.0115. The van der Waals surface area contributed by atoms with Crippen LogP contribution in [0.2, 0.25) is 0 Å². The molecule has 25 N–H and O–H groups in total. The first-order valence-corrected chi connectivity index (χ1v) is 29.5. The van der Waals surface area contributed by atoms with Crippen LogP contribution in [0.4, 0.5) is 0 Å². The van der Waals surface area contributed by atoms with E-state index in [1.54, 1.807) is 58.2 Å². The largest absolute Gasteiger partial charge is 0.508 e. The number of phenols is 1. The molecule has 31 nitrogen and oxygen atoms in total. The minimum absolute atomic E-state index is 0.0146. The number of carboxylic acid groups (broad SMARTS) is 1. The molecule has 0 bridgehead atoms. The molecule has 0 saturated heterocycles. The Balaban J connectivity index is 2.08. The van der Waals surface area contributed by atoms with Gasteiger partial charge in [0.1, 0.15) is 54.3 Å². The van der Waals surface area contributed by atoms with Gasteiger partial charge >= 0.3 is 5.97 Å². The number of rotatable bonds is 41. The van der Waals surface area contributed by atoms with Crippen molar-refractivity contribution in [3.05, 3.63) is 65.9 Å². The number of aromatic nitrogens is 1. The topological polar surface area (TPSA) is 547 Å². The smallest absolute Gasteiger partial charge is 0.303 e. The lowest BCUT2D eigenvalue weighted by atomic mass is 9.96. The normalized spacial score (nSPS) is 14.5. The second kappa shape index (κ2) is 38.0. The van der Waals surface area contributed by atoms with Crippen molar-refractivity contribution in [3.63, 3.8) is 0 Å². The van der Waals surface area contributed by atoms with Gasteiger partial charge in [-0.25, -0.2) is 0 Å². The van der Waals surface area contributed by atoms with Gasteiger partial charge in [0.05, 0.1) is 18.5 Å². The van der Waals surface area contributed by atoms with E-state index in [4.69, 9.17) is 40.1 Å². The summed E-state index contributed by atoms with van der Waals surface area (Å²) in [5, 5.41) is 41.3. The summed E-state index contributed by atoms with van der Waals surface area (Å²) in [6.45, 7) is 6.87. The lowest BCUT2D eigenvalue weighted by Crippen LogP contribution is -2.61. The number of unbranched alkanes of at least 4 members (excludes halogenated alkanes) is 1. The first-order chi connectivity index (χ1) is 42.2. The highest BCUT2D eigenvalue weighted by atomic mass is 16.4. The fourth-order valence-electron chi connectivity index (χ4n) is 9.17. The number of phenolic OH excluding ortho intramolecular Hbond substituents is 1. The van der Waals surface area contributed by atoms with Crippen molar-refractivity contribution < 1.29 is 63.0 Å². The number of aliphatic carboxylic acids is 1. The van der Waals surface area contributed by atoms with Gasteiger partial charge in [-0.2, -0.15) is 0 Å². The number of carbonyl (C=O) groups excluding carboxylic acids is 10. The van der Waals surface area contributed by atoms with E-state index in [1.165, 1.54) is 24.3 Å². The van der Waals surface area contributed by atoms with Gasteiger partial charge < -0.3 is 103 Å². The number of carbonyl (C=O) groups is 11. The van der Waals surface area contributed by atoms with E-state index in [0.29, 0.717) is 41.2 Å². The number of nitrogens with zero attached hydrogens (tertiary/aromatic N) is 2. The highest BCUT2D eigenvalue weighted by Crippen LogP contribution is 2.21. The van der Waals surface area contributed by atoms with Crippen molar-refractivity contribution in [1.29, 1.82) is 0 Å². The standard InChI is InChI=1S/C58H90N18O13/c1-5-32(4)48(56(89)72-42(21-22-47(80)81)52(85)75-45(30-77)31(2)3)76-53(86)41(16-11-25-67-58(64)65)70-51(84)40(15-10-24-66-57(62)63)69-50(83)39(14-8-9-23-59)71-55(88)44(27-34-29-68-38-13-7-6-12-36(34)38)74-54(87)43(26-33-17-19-35(78)20-18-33)73-49(82)37(60)28-46(61)79/h6-7,12-13,17-20,29-32,37,39-45,48,68,78H,5,8-11,14-16,21-28,59-60H2,1-4H3,(H2,61,79)(H,69,83)(H,70,84)(H,71,88)(H,72,89)(H,73,82)(H,74,87)(H,75,85)(H,76,86)(H,80,81)(H4,62,63,66)(H4,64,65,67)/t32-,37-,39-,40-,41-,42-,43-,44-,45+,48-/m0/s1. The first kappa shape index (κ1) is 73.9. The van der Waals surface area contributed by atoms with Crippen LogP contribution in [0.15, 0.2) is 64.7 Å². The van der Waals surface area contributed by atoms with Crippen molar-refractivity contribution in [2.75, 3.05) is 19.6 Å². The number of aldehydes is 1. The Kier molecular flexibility index (Phi) is 31.5. The SMILES string of the molecule is CC[C@H](C)[C@H](NC(=O)[C@H](CCCN=C(N)N)NC(=O)[C@H](CCCN=C(N)N)NC(=O)[C@H](CCCCN)NC(=O)[C@H](Cc1c[nH]c2ccccc12)NC(=O)[C@H](Cc1ccc(O)cc1)NC(=O)[C@@H](N)CC(N)=O)C(=O)N[C@@H](CCC(=O)O)C(=O)N[C@H](C=O)C(C)C. The molecule has 0 aliphatic rings. The second-order valence-electron chi connectivity index (χ2n) is 22.0. The zero-order valence-corrected chi connectivity index (χ0v) is 50.8. The van der Waals surface area contributed by atoms with E-state index in [-0.39, 0.29) is 101 Å². The molecule has 9 amide bonds. The monoisotopic (exact) mass is 1250 g/mol. The fraction of sp³-hybridized carbons (Fsp3) is 0.534. The Morgan fingerprint density at radius 1 is 0.584 bits per heavy atom. The number of nitrogens with one attached hydrogen (secondary N) is 9. The maximum atomic E-state index is 14.9. The van der Waals surface area contributed by atoms with Crippen LogP contribution in [0, 0.1) is 11.8 Å². The van der Waals surface area contributed by atoms with Gasteiger partial charge in [0.15, 0.2) is 11.9 Å². The molecule has 1 aromatic heterocycles. The van der Waals surface area contributed by atoms with Crippen molar-refractivity contribution in [3.8, 4) is 5.75 Å². The molecule has 0 spiro atoms. The highest BCUT2D eigenvalue weighted by Gasteiger charge is 2.36. The summed E-state index contributed by atoms with van der Waals surface area (Å²) in [7, 11) is 0. The molecule has 0 aliphatic heterocycles. The Morgan fingerprint density at radius 2 is 1.06 bits per heavy atom. The number of guanidine groups is 2. The summed E-state index contributed by atoms with van der Waals surface area (Å²) < 4.78 is 0. The first-order valence-electron chi connectivity index (χ1n) is 29.5. The molecule has 0 radical (unpaired) electrons. The number of aliphatic imine (C=N–C) groups is 2. The average Bonchev–Trinajstić information content (AvgIpc) is 3.65. The van der Waals surface area contributed by atoms with Crippen LogP contribution in [0.5, 0.6) is 5.75 Å². The van der Waals surface area contributed by atoms with E-state index < -0.39 is 132 Å². The third-order valence-electron chi connectivity index (χ3n) is 14.5. The summed E-state index contributed by atoms with van der Waals surface area (Å²) in [6, 6.07) is 0.353. The molecule has 0 fully saturated rings. The molecule has 490 valence electrons. The lowest BCUT2D eigenvalue weighted by molar-refractivity contribution is -0.138. The maximum absolute atomic E-state index is 14.9. The number of carboxylic acids is 1. The van der Waals surface area contributed by atoms with Crippen molar-refractivity contribution in [2.24, 2.45) is 62.0 Å². The molecule has 10 atom stereocenters. The number of fused-ring (bicyclic) bond motifs is 1. The molecule has 3 rings (SSSR count). The van der Waals surface area contributed by atoms with E-state index in [9.17, 15) is 63.0 Å². The van der Waals surface area contributed by atoms with Crippen LogP contribution in [0.1, 0.15) is 109 Å². The van der Waals surface area contributed by atoms with Crippen LogP contribution in [0.3, 0.4) is 0 Å². The Labute approximate surface area is 515 Å². The third-order valence-corrected chi connectivity index (χ3v) is 14.5. The van der Waals surface area contributed by atoms with Crippen LogP contribution in [-0.4, -0.2) is 167 Å². The minimum Gasteiger partial charge on any atom is -0.508 e. The number of aromatic hydroxyl groups is 1. The summed E-state index contributed by atoms with van der Waals surface area (Å²) in [4.78, 5) is 161. The van der Waals surface area contributed by atoms with Gasteiger partial charge in [0.25, 0.3) is 0 Å². The molecule has 1 heterocycles.